The number of nitrogens with zero attached hydrogens (tertiary/aromatic N) is 1. The minimum absolute atomic E-state index is 0.137. The molecule has 4 rings (SSSR count). The highest BCUT2D eigenvalue weighted by Gasteiger charge is 2.31. The first-order valence-corrected chi connectivity index (χ1v) is 12.1. The highest BCUT2D eigenvalue weighted by atomic mass is 19.4. The molecule has 184 valence electrons. The summed E-state index contributed by atoms with van der Waals surface area (Å²) in [5.41, 5.74) is 10.7. The molecule has 0 saturated heterocycles. The molecule has 1 aliphatic carbocycles. The van der Waals surface area contributed by atoms with Gasteiger partial charge in [-0.15, -0.1) is 0 Å². The summed E-state index contributed by atoms with van der Waals surface area (Å²) < 4.78 is 38.9. The second-order valence-electron chi connectivity index (χ2n) is 9.37. The summed E-state index contributed by atoms with van der Waals surface area (Å²) >= 11 is 0. The largest absolute Gasteiger partial charge is 0.416 e. The zero-order valence-electron chi connectivity index (χ0n) is 19.9. The van der Waals surface area contributed by atoms with Gasteiger partial charge in [0.1, 0.15) is 6.04 Å². The number of carbonyl (C=O) groups excluding carboxylic acids is 1. The number of rotatable bonds is 8. The number of carbonyl (C=O) groups is 1. The van der Waals surface area contributed by atoms with Crippen LogP contribution in [-0.2, 0) is 30.2 Å². The summed E-state index contributed by atoms with van der Waals surface area (Å²) in [6, 6.07) is 20.6. The zero-order chi connectivity index (χ0) is 25.0. The zero-order valence-corrected chi connectivity index (χ0v) is 19.9. The van der Waals surface area contributed by atoms with Crippen molar-refractivity contribution in [3.8, 4) is 0 Å². The van der Waals surface area contributed by atoms with Crippen molar-refractivity contribution < 1.29 is 18.0 Å². The molecule has 0 aliphatic heterocycles. The molecule has 3 aromatic rings. The van der Waals surface area contributed by atoms with E-state index in [1.54, 1.807) is 0 Å². The second-order valence-corrected chi connectivity index (χ2v) is 9.37. The van der Waals surface area contributed by atoms with Crippen LogP contribution in [0.4, 0.5) is 13.2 Å². The molecule has 0 spiro atoms. The fraction of sp³-hybridized carbons (Fsp3) is 0.345. The van der Waals surface area contributed by atoms with Gasteiger partial charge < -0.3 is 5.73 Å². The Morgan fingerprint density at radius 3 is 2.20 bits per heavy atom. The van der Waals surface area contributed by atoms with Crippen molar-refractivity contribution in [3.05, 3.63) is 106 Å². The van der Waals surface area contributed by atoms with Gasteiger partial charge >= 0.3 is 6.18 Å². The highest BCUT2D eigenvalue weighted by molar-refractivity contribution is 5.81. The maximum atomic E-state index is 13.0. The Hall–Kier alpha value is -3.12. The molecule has 1 amide bonds. The molecule has 3 nitrogen and oxygen atoms in total. The first-order valence-electron chi connectivity index (χ1n) is 12.1. The van der Waals surface area contributed by atoms with Gasteiger partial charge in [-0.1, -0.05) is 60.7 Å². The number of hydrogen-bond donors (Lipinski definition) is 1. The number of likely N-dealkylation sites (N-methyl/N-ethyl adjacent to an activating group) is 1. The van der Waals surface area contributed by atoms with Crippen LogP contribution in [0.1, 0.15) is 64.7 Å². The quantitative estimate of drug-likeness (QED) is 0.405. The lowest BCUT2D eigenvalue weighted by molar-refractivity contribution is -0.137. The Labute approximate surface area is 204 Å². The smallest absolute Gasteiger partial charge is 0.368 e. The lowest BCUT2D eigenvalue weighted by Crippen LogP contribution is -2.38. The molecular formula is C29H31F3N2O. The van der Waals surface area contributed by atoms with Crippen molar-refractivity contribution in [2.24, 2.45) is 5.73 Å². The highest BCUT2D eigenvalue weighted by Crippen LogP contribution is 2.35. The van der Waals surface area contributed by atoms with Crippen molar-refractivity contribution >= 4 is 5.91 Å². The number of aryl methyl sites for hydroxylation is 3. The molecule has 0 saturated carbocycles. The van der Waals surface area contributed by atoms with Crippen LogP contribution in [0.15, 0.2) is 72.8 Å². The van der Waals surface area contributed by atoms with Crippen molar-refractivity contribution in [3.63, 3.8) is 0 Å². The van der Waals surface area contributed by atoms with Gasteiger partial charge in [0.25, 0.3) is 0 Å². The van der Waals surface area contributed by atoms with Crippen molar-refractivity contribution in [1.82, 2.24) is 4.90 Å². The van der Waals surface area contributed by atoms with Crippen molar-refractivity contribution in [2.75, 3.05) is 7.05 Å². The van der Waals surface area contributed by atoms with Crippen LogP contribution in [0.5, 0.6) is 0 Å². The second kappa shape index (κ2) is 10.6. The number of fused-ring (bicyclic) bond motifs is 1. The maximum Gasteiger partial charge on any atom is 0.416 e. The fourth-order valence-electron chi connectivity index (χ4n) is 5.15. The summed E-state index contributed by atoms with van der Waals surface area (Å²) in [6.45, 7) is 0. The minimum Gasteiger partial charge on any atom is -0.368 e. The number of hydrogen-bond acceptors (Lipinski definition) is 2. The molecule has 1 unspecified atom stereocenters. The van der Waals surface area contributed by atoms with E-state index in [1.165, 1.54) is 29.7 Å². The average molecular weight is 481 g/mol. The molecule has 2 atom stereocenters. The van der Waals surface area contributed by atoms with E-state index in [0.717, 1.165) is 48.1 Å². The molecule has 1 aliphatic rings. The lowest BCUT2D eigenvalue weighted by atomic mass is 9.87. The molecule has 0 fully saturated rings. The predicted octanol–water partition coefficient (Wildman–Crippen LogP) is 6.42. The predicted molar refractivity (Wildman–Crippen MR) is 132 cm³/mol. The fourth-order valence-corrected chi connectivity index (χ4v) is 5.15. The third-order valence-corrected chi connectivity index (χ3v) is 7.03. The van der Waals surface area contributed by atoms with E-state index < -0.39 is 23.7 Å². The first kappa shape index (κ1) is 25.0. The van der Waals surface area contributed by atoms with Gasteiger partial charge in [-0.2, -0.15) is 13.2 Å². The van der Waals surface area contributed by atoms with Gasteiger partial charge in [-0.25, -0.2) is 0 Å². The summed E-state index contributed by atoms with van der Waals surface area (Å²) in [6.07, 6.45) is 1.33. The number of alkyl halides is 3. The third kappa shape index (κ3) is 5.93. The molecule has 3 aromatic carbocycles. The van der Waals surface area contributed by atoms with E-state index >= 15 is 0 Å². The molecule has 35 heavy (non-hydrogen) atoms. The monoisotopic (exact) mass is 480 g/mol. The standard InChI is InChI=1S/C29H31F3N2O/c1-34(27(28(33)35)22-8-3-2-4-9-22)26(24-15-14-21-7-5-6-10-23(21)19-24)18-13-20-11-16-25(17-12-20)29(30,31)32/h2-4,8-9,11-12,14-17,19,26-27H,5-7,10,13,18H2,1H3,(H2,33,35)/t26-,27?/m0/s1. The van der Waals surface area contributed by atoms with Gasteiger partial charge in [0.2, 0.25) is 5.91 Å². The molecular weight excluding hydrogens is 449 g/mol. The Bertz CT molecular complexity index is 1140. The summed E-state index contributed by atoms with van der Waals surface area (Å²) in [5, 5.41) is 0. The molecule has 0 heterocycles. The van der Waals surface area contributed by atoms with Crippen LogP contribution < -0.4 is 5.73 Å². The van der Waals surface area contributed by atoms with E-state index in [-0.39, 0.29) is 6.04 Å². The van der Waals surface area contributed by atoms with Gasteiger partial charge in [0, 0.05) is 6.04 Å². The van der Waals surface area contributed by atoms with Crippen molar-refractivity contribution in [1.29, 1.82) is 0 Å². The van der Waals surface area contributed by atoms with Gasteiger partial charge in [0.05, 0.1) is 5.56 Å². The molecule has 0 aromatic heterocycles. The Morgan fingerprint density at radius 1 is 0.914 bits per heavy atom. The number of primary amides is 1. The van der Waals surface area contributed by atoms with Gasteiger partial charge in [0.15, 0.2) is 0 Å². The third-order valence-electron chi connectivity index (χ3n) is 7.03. The van der Waals surface area contributed by atoms with Gasteiger partial charge in [-0.3, -0.25) is 9.69 Å². The summed E-state index contributed by atoms with van der Waals surface area (Å²) in [7, 11) is 1.90. The Morgan fingerprint density at radius 2 is 1.57 bits per heavy atom. The lowest BCUT2D eigenvalue weighted by Gasteiger charge is -2.35. The molecule has 0 bridgehead atoms. The Kier molecular flexibility index (Phi) is 7.60. The van der Waals surface area contributed by atoms with E-state index in [0.29, 0.717) is 12.8 Å². The number of halogens is 3. The van der Waals surface area contributed by atoms with Crippen LogP contribution in [0.2, 0.25) is 0 Å². The molecule has 2 N–H and O–H groups in total. The van der Waals surface area contributed by atoms with Crippen LogP contribution in [0.3, 0.4) is 0 Å². The normalized spacial score (nSPS) is 15.5. The first-order chi connectivity index (χ1) is 16.7. The van der Waals surface area contributed by atoms with Gasteiger partial charge in [-0.05, 0) is 85.5 Å². The number of nitrogens with two attached hydrogens (primary N) is 1. The summed E-state index contributed by atoms with van der Waals surface area (Å²) in [4.78, 5) is 14.6. The van der Waals surface area contributed by atoms with E-state index in [2.05, 4.69) is 18.2 Å². The number of benzene rings is 3. The van der Waals surface area contributed by atoms with Crippen LogP contribution >= 0.6 is 0 Å². The molecule has 6 heteroatoms. The van der Waals surface area contributed by atoms with Crippen LogP contribution in [-0.4, -0.2) is 17.9 Å². The van der Waals surface area contributed by atoms with E-state index in [1.807, 2.05) is 42.3 Å². The maximum absolute atomic E-state index is 13.0. The minimum atomic E-state index is -4.35. The molecule has 0 radical (unpaired) electrons. The van der Waals surface area contributed by atoms with Crippen molar-refractivity contribution in [2.45, 2.75) is 56.8 Å². The Balaban J connectivity index is 1.64. The summed E-state index contributed by atoms with van der Waals surface area (Å²) in [5.74, 6) is -0.434. The topological polar surface area (TPSA) is 46.3 Å². The van der Waals surface area contributed by atoms with Crippen LogP contribution in [0.25, 0.3) is 0 Å². The average Bonchev–Trinajstić information content (AvgIpc) is 2.84. The van der Waals surface area contributed by atoms with Crippen LogP contribution in [0, 0.1) is 0 Å². The number of amides is 1. The SMILES string of the molecule is CN(C(C(N)=O)c1ccccc1)[C@@H](CCc1ccc(C(F)(F)F)cc1)c1ccc2c(c1)CCCC2. The van der Waals surface area contributed by atoms with E-state index in [4.69, 9.17) is 5.73 Å². The van der Waals surface area contributed by atoms with E-state index in [9.17, 15) is 18.0 Å².